The molecule has 0 saturated heterocycles. The zero-order valence-electron chi connectivity index (χ0n) is 18.9. The van der Waals surface area contributed by atoms with Crippen molar-refractivity contribution in [3.05, 3.63) is 83.9 Å². The summed E-state index contributed by atoms with van der Waals surface area (Å²) in [5.41, 5.74) is 4.00. The fourth-order valence-corrected chi connectivity index (χ4v) is 3.18. The van der Waals surface area contributed by atoms with Crippen molar-refractivity contribution in [3.8, 4) is 17.3 Å². The molecule has 0 bridgehead atoms. The van der Waals surface area contributed by atoms with E-state index in [1.807, 2.05) is 67.2 Å². The Morgan fingerprint density at radius 2 is 1.88 bits per heavy atom. The van der Waals surface area contributed by atoms with E-state index in [1.165, 1.54) is 5.56 Å². The largest absolute Gasteiger partial charge is 0.444 e. The number of aryl methyl sites for hydroxylation is 2. The lowest BCUT2D eigenvalue weighted by atomic mass is 10.1. The van der Waals surface area contributed by atoms with Crippen LogP contribution in [0.1, 0.15) is 29.6 Å². The number of rotatable bonds is 7. The molecule has 0 unspecified atom stereocenters. The van der Waals surface area contributed by atoms with E-state index < -0.39 is 0 Å². The van der Waals surface area contributed by atoms with E-state index in [0.717, 1.165) is 35.0 Å². The minimum Gasteiger partial charge on any atom is -0.444 e. The topological polar surface area (TPSA) is 93.2 Å². The van der Waals surface area contributed by atoms with Crippen LogP contribution in [0.5, 0.6) is 0 Å². The first kappa shape index (κ1) is 24.4. The smallest absolute Gasteiger partial charge is 0.226 e. The monoisotopic (exact) mass is 557 g/mol. The predicted octanol–water partition coefficient (Wildman–Crippen LogP) is 4.41. The predicted molar refractivity (Wildman–Crippen MR) is 140 cm³/mol. The van der Waals surface area contributed by atoms with Gasteiger partial charge in [0.05, 0.1) is 18.8 Å². The Balaban J connectivity index is 0.00000306. The minimum absolute atomic E-state index is 0. The van der Waals surface area contributed by atoms with Gasteiger partial charge < -0.3 is 15.1 Å². The molecule has 33 heavy (non-hydrogen) atoms. The first-order chi connectivity index (χ1) is 15.6. The Labute approximate surface area is 210 Å². The van der Waals surface area contributed by atoms with Gasteiger partial charge in [0.25, 0.3) is 0 Å². The second kappa shape index (κ2) is 11.6. The standard InChI is InChI=1S/C24H27N7O.HI/c1-4-25-24(28-14-19-7-10-22(27-13-19)31-12-11-26-18(31)3)29-15-21-16-32-23(30-21)20-8-5-17(2)6-9-20;/h5-13,16H,4,14-15H2,1-3H3,(H2,25,28,29);1H. The van der Waals surface area contributed by atoms with Crippen LogP contribution in [0.4, 0.5) is 0 Å². The fourth-order valence-electron chi connectivity index (χ4n) is 3.18. The van der Waals surface area contributed by atoms with Gasteiger partial charge >= 0.3 is 0 Å². The summed E-state index contributed by atoms with van der Waals surface area (Å²) in [6.07, 6.45) is 7.18. The van der Waals surface area contributed by atoms with Crippen molar-refractivity contribution in [3.63, 3.8) is 0 Å². The third-order valence-corrected chi connectivity index (χ3v) is 4.93. The van der Waals surface area contributed by atoms with Gasteiger partial charge in [-0.2, -0.15) is 0 Å². The summed E-state index contributed by atoms with van der Waals surface area (Å²) in [6, 6.07) is 12.1. The van der Waals surface area contributed by atoms with E-state index in [9.17, 15) is 0 Å². The van der Waals surface area contributed by atoms with Crippen LogP contribution >= 0.6 is 24.0 Å². The lowest BCUT2D eigenvalue weighted by Crippen LogP contribution is -2.36. The summed E-state index contributed by atoms with van der Waals surface area (Å²) in [6.45, 7) is 7.83. The first-order valence-electron chi connectivity index (χ1n) is 10.6. The molecule has 8 nitrogen and oxygen atoms in total. The number of nitrogens with one attached hydrogen (secondary N) is 2. The number of hydrogen-bond donors (Lipinski definition) is 2. The maximum atomic E-state index is 5.64. The minimum atomic E-state index is 0. The highest BCUT2D eigenvalue weighted by molar-refractivity contribution is 14.0. The van der Waals surface area contributed by atoms with Crippen molar-refractivity contribution >= 4 is 29.9 Å². The number of oxazole rings is 1. The van der Waals surface area contributed by atoms with Crippen molar-refractivity contribution in [1.82, 2.24) is 30.2 Å². The van der Waals surface area contributed by atoms with Crippen LogP contribution in [0.25, 0.3) is 17.3 Å². The number of nitrogens with zero attached hydrogens (tertiary/aromatic N) is 5. The van der Waals surface area contributed by atoms with Crippen molar-refractivity contribution in [1.29, 1.82) is 0 Å². The highest BCUT2D eigenvalue weighted by atomic mass is 127. The van der Waals surface area contributed by atoms with Crippen molar-refractivity contribution in [2.45, 2.75) is 33.9 Å². The zero-order chi connectivity index (χ0) is 22.3. The third-order valence-electron chi connectivity index (χ3n) is 4.93. The Morgan fingerprint density at radius 3 is 2.55 bits per heavy atom. The van der Waals surface area contributed by atoms with Crippen molar-refractivity contribution in [2.75, 3.05) is 6.54 Å². The van der Waals surface area contributed by atoms with Gasteiger partial charge in [0.2, 0.25) is 5.89 Å². The van der Waals surface area contributed by atoms with Crippen molar-refractivity contribution in [2.24, 2.45) is 4.99 Å². The summed E-state index contributed by atoms with van der Waals surface area (Å²) < 4.78 is 7.58. The summed E-state index contributed by atoms with van der Waals surface area (Å²) >= 11 is 0. The molecule has 0 spiro atoms. The van der Waals surface area contributed by atoms with E-state index in [1.54, 1.807) is 12.5 Å². The number of guanidine groups is 1. The van der Waals surface area contributed by atoms with Crippen LogP contribution in [0.2, 0.25) is 0 Å². The van der Waals surface area contributed by atoms with E-state index >= 15 is 0 Å². The van der Waals surface area contributed by atoms with Gasteiger partial charge in [-0.05, 0) is 44.5 Å². The molecular formula is C24H28IN7O. The van der Waals surface area contributed by atoms with Gasteiger partial charge in [0, 0.05) is 30.7 Å². The number of imidazole rings is 1. The molecule has 0 aliphatic heterocycles. The Morgan fingerprint density at radius 1 is 1.06 bits per heavy atom. The quantitative estimate of drug-likeness (QED) is 0.199. The molecule has 9 heteroatoms. The summed E-state index contributed by atoms with van der Waals surface area (Å²) in [7, 11) is 0. The van der Waals surface area contributed by atoms with Crippen LogP contribution in [0.15, 0.2) is 70.7 Å². The molecular weight excluding hydrogens is 529 g/mol. The van der Waals surface area contributed by atoms with Gasteiger partial charge in [-0.25, -0.2) is 19.9 Å². The van der Waals surface area contributed by atoms with Crippen LogP contribution in [-0.4, -0.2) is 32.0 Å². The molecule has 0 aliphatic carbocycles. The average Bonchev–Trinajstić information content (AvgIpc) is 3.46. The molecule has 2 N–H and O–H groups in total. The molecule has 0 fully saturated rings. The second-order valence-electron chi connectivity index (χ2n) is 7.43. The van der Waals surface area contributed by atoms with E-state index in [0.29, 0.717) is 24.9 Å². The number of aliphatic imine (C=N–C) groups is 1. The first-order valence-corrected chi connectivity index (χ1v) is 10.6. The maximum absolute atomic E-state index is 5.64. The van der Waals surface area contributed by atoms with E-state index in [2.05, 4.69) is 37.5 Å². The third kappa shape index (κ3) is 6.41. The fraction of sp³-hybridized carbons (Fsp3) is 0.250. The maximum Gasteiger partial charge on any atom is 0.226 e. The summed E-state index contributed by atoms with van der Waals surface area (Å²) in [5, 5.41) is 6.56. The average molecular weight is 557 g/mol. The van der Waals surface area contributed by atoms with Crippen LogP contribution in [0, 0.1) is 13.8 Å². The van der Waals surface area contributed by atoms with Gasteiger partial charge in [0.1, 0.15) is 17.9 Å². The highest BCUT2D eigenvalue weighted by Crippen LogP contribution is 2.19. The zero-order valence-corrected chi connectivity index (χ0v) is 21.3. The molecule has 0 atom stereocenters. The molecule has 4 rings (SSSR count). The van der Waals surface area contributed by atoms with Gasteiger partial charge in [-0.15, -0.1) is 24.0 Å². The summed E-state index contributed by atoms with van der Waals surface area (Å²) in [4.78, 5) is 18.0. The second-order valence-corrected chi connectivity index (χ2v) is 7.43. The molecule has 3 aromatic heterocycles. The molecule has 1 aromatic carbocycles. The number of hydrogen-bond acceptors (Lipinski definition) is 5. The lowest BCUT2D eigenvalue weighted by molar-refractivity contribution is 0.572. The molecule has 0 amide bonds. The van der Waals surface area contributed by atoms with Gasteiger partial charge in [-0.3, -0.25) is 4.57 Å². The Kier molecular flexibility index (Phi) is 8.58. The number of pyridine rings is 1. The lowest BCUT2D eigenvalue weighted by Gasteiger charge is -2.10. The van der Waals surface area contributed by atoms with Crippen LogP contribution in [-0.2, 0) is 13.1 Å². The SMILES string of the molecule is CCNC(=NCc1ccc(-n2ccnc2C)nc1)NCc1coc(-c2ccc(C)cc2)n1.I. The molecule has 172 valence electrons. The molecule has 0 saturated carbocycles. The normalized spacial score (nSPS) is 11.2. The van der Waals surface area contributed by atoms with Crippen LogP contribution < -0.4 is 10.6 Å². The molecule has 4 aromatic rings. The van der Waals surface area contributed by atoms with E-state index in [4.69, 9.17) is 4.42 Å². The highest BCUT2D eigenvalue weighted by Gasteiger charge is 2.08. The summed E-state index contributed by atoms with van der Waals surface area (Å²) in [5.74, 6) is 3.07. The molecule has 3 heterocycles. The molecule has 0 radical (unpaired) electrons. The van der Waals surface area contributed by atoms with E-state index in [-0.39, 0.29) is 24.0 Å². The number of aromatic nitrogens is 4. The van der Waals surface area contributed by atoms with Crippen molar-refractivity contribution < 1.29 is 4.42 Å². The Hall–Kier alpha value is -3.21. The van der Waals surface area contributed by atoms with Gasteiger partial charge in [0.15, 0.2) is 5.96 Å². The van der Waals surface area contributed by atoms with Crippen LogP contribution in [0.3, 0.4) is 0 Å². The van der Waals surface area contributed by atoms with Gasteiger partial charge in [-0.1, -0.05) is 23.8 Å². The molecule has 0 aliphatic rings. The number of halogens is 1. The Bertz CT molecular complexity index is 1180. The number of benzene rings is 1.